The van der Waals surface area contributed by atoms with E-state index >= 15 is 0 Å². The molecule has 1 unspecified atom stereocenters. The first-order valence-electron chi connectivity index (χ1n) is 10.1. The molecule has 2 heterocycles. The van der Waals surface area contributed by atoms with Crippen LogP contribution in [0.2, 0.25) is 0 Å². The lowest BCUT2D eigenvalue weighted by atomic mass is 9.87. The maximum absolute atomic E-state index is 12.8. The fraction of sp³-hybridized carbons (Fsp3) is 0.850. The Bertz CT molecular complexity index is 596. The number of piperidine rings is 1. The van der Waals surface area contributed by atoms with E-state index < -0.39 is 5.54 Å². The number of amides is 2. The first kappa shape index (κ1) is 17.0. The number of nitrogens with one attached hydrogen (secondary N) is 1. The van der Waals surface area contributed by atoms with Crippen LogP contribution in [-0.2, 0) is 9.59 Å². The molecule has 2 aliphatic carbocycles. The van der Waals surface area contributed by atoms with Gasteiger partial charge in [-0.25, -0.2) is 0 Å². The summed E-state index contributed by atoms with van der Waals surface area (Å²) in [5, 5.41) is 3.00. The van der Waals surface area contributed by atoms with Gasteiger partial charge < -0.3 is 10.2 Å². The molecule has 5 nitrogen and oxygen atoms in total. The average Bonchev–Trinajstić information content (AvgIpc) is 2.92. The van der Waals surface area contributed by atoms with Gasteiger partial charge in [0, 0.05) is 25.4 Å². The van der Waals surface area contributed by atoms with Crippen molar-refractivity contribution in [2.75, 3.05) is 13.1 Å². The van der Waals surface area contributed by atoms with Gasteiger partial charge in [0.15, 0.2) is 0 Å². The predicted octanol–water partition coefficient (Wildman–Crippen LogP) is 2.89. The number of hydrogen-bond acceptors (Lipinski definition) is 3. The van der Waals surface area contributed by atoms with Crippen molar-refractivity contribution in [2.24, 2.45) is 22.2 Å². The summed E-state index contributed by atoms with van der Waals surface area (Å²) < 4.78 is 0. The zero-order valence-electron chi connectivity index (χ0n) is 15.6. The number of hydrogen-bond donors (Lipinski definition) is 1. The fourth-order valence-corrected chi connectivity index (χ4v) is 5.11. The Hall–Kier alpha value is -1.39. The molecule has 2 spiro atoms. The molecule has 25 heavy (non-hydrogen) atoms. The highest BCUT2D eigenvalue weighted by molar-refractivity contribution is 6.08. The molecule has 138 valence electrons. The van der Waals surface area contributed by atoms with E-state index in [-0.39, 0.29) is 11.8 Å². The van der Waals surface area contributed by atoms with Gasteiger partial charge in [0.05, 0.1) is 0 Å². The highest BCUT2D eigenvalue weighted by Crippen LogP contribution is 2.63. The summed E-state index contributed by atoms with van der Waals surface area (Å²) in [6.45, 7) is 5.73. The van der Waals surface area contributed by atoms with E-state index in [1.165, 1.54) is 25.7 Å². The van der Waals surface area contributed by atoms with Crippen molar-refractivity contribution in [1.29, 1.82) is 0 Å². The van der Waals surface area contributed by atoms with Gasteiger partial charge in [-0.05, 0) is 49.9 Å². The third kappa shape index (κ3) is 3.00. The van der Waals surface area contributed by atoms with Crippen LogP contribution in [0.4, 0.5) is 0 Å². The molecule has 1 N–H and O–H groups in total. The Balaban J connectivity index is 1.35. The van der Waals surface area contributed by atoms with Crippen molar-refractivity contribution in [3.05, 3.63) is 0 Å². The van der Waals surface area contributed by atoms with Gasteiger partial charge in [-0.15, -0.1) is 0 Å². The number of carbonyl (C=O) groups excluding carboxylic acids is 2. The van der Waals surface area contributed by atoms with E-state index in [2.05, 4.69) is 19.2 Å². The quantitative estimate of drug-likeness (QED) is 0.851. The van der Waals surface area contributed by atoms with E-state index in [1.807, 2.05) is 4.90 Å². The number of amidine groups is 1. The van der Waals surface area contributed by atoms with Crippen molar-refractivity contribution in [1.82, 2.24) is 10.2 Å². The highest BCUT2D eigenvalue weighted by Gasteiger charge is 2.60. The van der Waals surface area contributed by atoms with Gasteiger partial charge in [-0.2, -0.15) is 0 Å². The largest absolute Gasteiger partial charge is 0.342 e. The summed E-state index contributed by atoms with van der Waals surface area (Å²) in [7, 11) is 0. The molecule has 2 aliphatic heterocycles. The molecule has 5 heteroatoms. The molecule has 3 fully saturated rings. The van der Waals surface area contributed by atoms with Crippen LogP contribution >= 0.6 is 0 Å². The van der Waals surface area contributed by atoms with E-state index in [4.69, 9.17) is 4.99 Å². The summed E-state index contributed by atoms with van der Waals surface area (Å²) in [6.07, 6.45) is 9.42. The molecule has 4 rings (SSSR count). The number of aliphatic imine (C=N–C) groups is 1. The zero-order chi connectivity index (χ0) is 17.7. The lowest BCUT2D eigenvalue weighted by Gasteiger charge is -2.36. The van der Waals surface area contributed by atoms with Crippen LogP contribution in [0.1, 0.15) is 71.6 Å². The number of nitrogens with zero attached hydrogens (tertiary/aromatic N) is 2. The van der Waals surface area contributed by atoms with Gasteiger partial charge >= 0.3 is 0 Å². The SMILES string of the molecule is CC(C)CCC1=NC2(CCN(C(=O)C3CC34CCCC4)CC2)C(=O)N1. The Morgan fingerprint density at radius 2 is 1.92 bits per heavy atom. The average molecular weight is 345 g/mol. The first-order valence-corrected chi connectivity index (χ1v) is 10.1. The first-order chi connectivity index (χ1) is 11.9. The van der Waals surface area contributed by atoms with Gasteiger partial charge in [-0.1, -0.05) is 26.7 Å². The monoisotopic (exact) mass is 345 g/mol. The second-order valence-corrected chi connectivity index (χ2v) is 9.13. The Kier molecular flexibility index (Phi) is 4.16. The number of likely N-dealkylation sites (tertiary alicyclic amines) is 1. The molecule has 0 aromatic carbocycles. The molecule has 4 aliphatic rings. The lowest BCUT2D eigenvalue weighted by molar-refractivity contribution is -0.137. The topological polar surface area (TPSA) is 61.8 Å². The molecule has 0 radical (unpaired) electrons. The maximum Gasteiger partial charge on any atom is 0.253 e. The molecule has 0 bridgehead atoms. The van der Waals surface area contributed by atoms with Crippen molar-refractivity contribution in [3.63, 3.8) is 0 Å². The van der Waals surface area contributed by atoms with Gasteiger partial charge in [0.2, 0.25) is 5.91 Å². The van der Waals surface area contributed by atoms with Crippen LogP contribution in [0.3, 0.4) is 0 Å². The Morgan fingerprint density at radius 3 is 2.56 bits per heavy atom. The summed E-state index contributed by atoms with van der Waals surface area (Å²) in [5.41, 5.74) is -0.239. The molecule has 2 saturated carbocycles. The van der Waals surface area contributed by atoms with Gasteiger partial charge in [0.25, 0.3) is 5.91 Å². The zero-order valence-corrected chi connectivity index (χ0v) is 15.6. The maximum atomic E-state index is 12.8. The molecular formula is C20H31N3O2. The van der Waals surface area contributed by atoms with Gasteiger partial charge in [0.1, 0.15) is 11.4 Å². The lowest BCUT2D eigenvalue weighted by Crippen LogP contribution is -2.51. The third-order valence-electron chi connectivity index (χ3n) is 6.98. The van der Waals surface area contributed by atoms with Crippen LogP contribution in [0.25, 0.3) is 0 Å². The second kappa shape index (κ2) is 6.10. The third-order valence-corrected chi connectivity index (χ3v) is 6.98. The second-order valence-electron chi connectivity index (χ2n) is 9.13. The van der Waals surface area contributed by atoms with E-state index in [0.717, 1.165) is 25.1 Å². The highest BCUT2D eigenvalue weighted by atomic mass is 16.2. The van der Waals surface area contributed by atoms with Gasteiger partial charge in [-0.3, -0.25) is 14.6 Å². The minimum atomic E-state index is -0.600. The minimum Gasteiger partial charge on any atom is -0.342 e. The number of carbonyl (C=O) groups is 2. The molecular weight excluding hydrogens is 314 g/mol. The normalized spacial score (nSPS) is 29.4. The number of rotatable bonds is 4. The van der Waals surface area contributed by atoms with Crippen LogP contribution in [0.15, 0.2) is 4.99 Å². The summed E-state index contributed by atoms with van der Waals surface area (Å²) in [5.74, 6) is 2.13. The fourth-order valence-electron chi connectivity index (χ4n) is 5.11. The standard InChI is InChI=1S/C20H31N3O2/c1-14(2)5-6-16-21-18(25)20(22-16)9-11-23(12-10-20)17(24)15-13-19(15)7-3-4-8-19/h14-15H,3-13H2,1-2H3,(H,21,22,25). The van der Waals surface area contributed by atoms with E-state index in [0.29, 0.717) is 43.2 Å². The van der Waals surface area contributed by atoms with Crippen LogP contribution < -0.4 is 5.32 Å². The van der Waals surface area contributed by atoms with Crippen molar-refractivity contribution in [2.45, 2.75) is 77.2 Å². The smallest absolute Gasteiger partial charge is 0.253 e. The summed E-state index contributed by atoms with van der Waals surface area (Å²) in [6, 6.07) is 0. The van der Waals surface area contributed by atoms with Crippen LogP contribution in [0, 0.1) is 17.3 Å². The summed E-state index contributed by atoms with van der Waals surface area (Å²) in [4.78, 5) is 32.1. The van der Waals surface area contributed by atoms with Crippen molar-refractivity contribution in [3.8, 4) is 0 Å². The molecule has 0 aromatic rings. The van der Waals surface area contributed by atoms with Crippen LogP contribution in [-0.4, -0.2) is 41.2 Å². The predicted molar refractivity (Wildman–Crippen MR) is 97.2 cm³/mol. The van der Waals surface area contributed by atoms with Crippen molar-refractivity contribution >= 4 is 17.6 Å². The molecule has 2 amide bonds. The van der Waals surface area contributed by atoms with E-state index in [1.54, 1.807) is 0 Å². The molecule has 0 aromatic heterocycles. The van der Waals surface area contributed by atoms with Crippen LogP contribution in [0.5, 0.6) is 0 Å². The Morgan fingerprint density at radius 1 is 1.24 bits per heavy atom. The summed E-state index contributed by atoms with van der Waals surface area (Å²) >= 11 is 0. The van der Waals surface area contributed by atoms with E-state index in [9.17, 15) is 9.59 Å². The van der Waals surface area contributed by atoms with Crippen molar-refractivity contribution < 1.29 is 9.59 Å². The minimum absolute atomic E-state index is 0.0528. The Labute approximate surface area is 150 Å². The molecule has 1 atom stereocenters. The molecule has 1 saturated heterocycles.